The van der Waals surface area contributed by atoms with Crippen LogP contribution in [0.4, 0.5) is 0 Å². The van der Waals surface area contributed by atoms with E-state index in [1.54, 1.807) is 10.8 Å². The molecular weight excluding hydrogens is 411 g/mol. The van der Waals surface area contributed by atoms with Gasteiger partial charge < -0.3 is 37.2 Å². The molecule has 1 aromatic carbocycles. The van der Waals surface area contributed by atoms with Gasteiger partial charge in [-0.3, -0.25) is 6.08 Å². The molecule has 0 saturated carbocycles. The standard InChI is InChI=1S/C19H27Si.3ClH.Ti/c1-7-20(8-2,18-12-10-9-11-13-18)19(6)14-15(3)16(4)17(19)5;;;;/h9-13H,7-8H2,1-6H3;3*1H;/q-1;;;;+4/p-3. The van der Waals surface area contributed by atoms with E-state index in [2.05, 4.69) is 78.0 Å². The van der Waals surface area contributed by atoms with E-state index in [0.29, 0.717) is 0 Å². The number of hydrogen-bond acceptors (Lipinski definition) is 0. The first-order valence-corrected chi connectivity index (χ1v) is 10.2. The number of hydrogen-bond donors (Lipinski definition) is 0. The van der Waals surface area contributed by atoms with Crippen molar-refractivity contribution >= 4 is 13.3 Å². The summed E-state index contributed by atoms with van der Waals surface area (Å²) in [6.45, 7) is 14.0. The summed E-state index contributed by atoms with van der Waals surface area (Å²) < 4.78 is 0. The quantitative estimate of drug-likeness (QED) is 0.336. The fraction of sp³-hybridized carbons (Fsp3) is 0.474. The largest absolute Gasteiger partial charge is 4.00 e. The van der Waals surface area contributed by atoms with Gasteiger partial charge in [0.1, 0.15) is 0 Å². The molecule has 1 aliphatic carbocycles. The van der Waals surface area contributed by atoms with E-state index in [-0.39, 0.29) is 64.0 Å². The molecule has 0 spiro atoms. The van der Waals surface area contributed by atoms with Crippen molar-refractivity contribution in [3.63, 3.8) is 0 Å². The van der Waals surface area contributed by atoms with Crippen molar-refractivity contribution in [2.24, 2.45) is 0 Å². The second-order valence-corrected chi connectivity index (χ2v) is 11.4. The Bertz CT molecular complexity index is 565. The second kappa shape index (κ2) is 11.3. The van der Waals surface area contributed by atoms with Crippen LogP contribution in [0.2, 0.25) is 17.1 Å². The molecule has 0 nitrogen and oxygen atoms in total. The van der Waals surface area contributed by atoms with Crippen LogP contribution in [0, 0.1) is 6.08 Å². The zero-order chi connectivity index (χ0) is 15.0. The normalized spacial score (nSPS) is 19.3. The molecular formula is C19H27Cl3SiTi. The summed E-state index contributed by atoms with van der Waals surface area (Å²) in [6.07, 6.45) is 3.88. The third kappa shape index (κ3) is 4.42. The van der Waals surface area contributed by atoms with Crippen LogP contribution in [-0.4, -0.2) is 8.07 Å². The fourth-order valence-corrected chi connectivity index (χ4v) is 9.58. The molecule has 0 fully saturated rings. The average molecular weight is 438 g/mol. The van der Waals surface area contributed by atoms with Gasteiger partial charge in [-0.05, 0) is 0 Å². The van der Waals surface area contributed by atoms with Crippen molar-refractivity contribution in [1.29, 1.82) is 0 Å². The van der Waals surface area contributed by atoms with Gasteiger partial charge in [0.25, 0.3) is 0 Å². The Morgan fingerprint density at radius 1 is 0.917 bits per heavy atom. The Kier molecular flexibility index (Phi) is 13.7. The Hall–Kier alpha value is 0.501. The molecule has 0 aliphatic heterocycles. The van der Waals surface area contributed by atoms with Gasteiger partial charge in [-0.25, -0.2) is 5.57 Å². The van der Waals surface area contributed by atoms with Gasteiger partial charge in [0.05, 0.1) is 8.07 Å². The van der Waals surface area contributed by atoms with Crippen molar-refractivity contribution in [2.75, 3.05) is 0 Å². The van der Waals surface area contributed by atoms with Crippen LogP contribution in [-0.2, 0) is 21.7 Å². The van der Waals surface area contributed by atoms with E-state index in [0.717, 1.165) is 0 Å². The molecule has 1 aromatic rings. The molecule has 2 rings (SSSR count). The van der Waals surface area contributed by atoms with E-state index in [9.17, 15) is 0 Å². The van der Waals surface area contributed by atoms with Crippen LogP contribution in [0.3, 0.4) is 0 Å². The van der Waals surface area contributed by atoms with Gasteiger partial charge in [-0.2, -0.15) is 11.1 Å². The molecule has 1 atom stereocenters. The van der Waals surface area contributed by atoms with Crippen molar-refractivity contribution in [3.05, 3.63) is 53.1 Å². The number of halogens is 3. The molecule has 132 valence electrons. The zero-order valence-electron chi connectivity index (χ0n) is 15.4. The van der Waals surface area contributed by atoms with Gasteiger partial charge in [-0.1, -0.05) is 87.3 Å². The number of rotatable bonds is 4. The van der Waals surface area contributed by atoms with Crippen molar-refractivity contribution in [2.45, 2.75) is 58.7 Å². The van der Waals surface area contributed by atoms with Gasteiger partial charge >= 0.3 is 21.7 Å². The average Bonchev–Trinajstić information content (AvgIpc) is 2.67. The summed E-state index contributed by atoms with van der Waals surface area (Å²) in [5.74, 6) is 0. The molecule has 0 heterocycles. The summed E-state index contributed by atoms with van der Waals surface area (Å²) in [4.78, 5) is 0. The van der Waals surface area contributed by atoms with Gasteiger partial charge in [0, 0.05) is 0 Å². The summed E-state index contributed by atoms with van der Waals surface area (Å²) in [6, 6.07) is 13.8. The van der Waals surface area contributed by atoms with Crippen LogP contribution >= 0.6 is 0 Å². The van der Waals surface area contributed by atoms with Crippen LogP contribution in [0.5, 0.6) is 0 Å². The van der Waals surface area contributed by atoms with Crippen LogP contribution < -0.4 is 42.4 Å². The number of allylic oxidation sites excluding steroid dienone is 4. The summed E-state index contributed by atoms with van der Waals surface area (Å²) in [5.41, 5.74) is 4.37. The predicted molar refractivity (Wildman–Crippen MR) is 92.0 cm³/mol. The molecule has 24 heavy (non-hydrogen) atoms. The topological polar surface area (TPSA) is 0 Å². The monoisotopic (exact) mass is 436 g/mol. The minimum absolute atomic E-state index is 0. The van der Waals surface area contributed by atoms with Crippen LogP contribution in [0.25, 0.3) is 0 Å². The molecule has 0 aromatic heterocycles. The maximum atomic E-state index is 3.88. The van der Waals surface area contributed by atoms with Gasteiger partial charge in [0.15, 0.2) is 0 Å². The Labute approximate surface area is 183 Å². The second-order valence-electron chi connectivity index (χ2n) is 6.28. The molecule has 0 amide bonds. The SMILES string of the molecule is CC[Si](CC)(c1ccccc1)C1(C)[C-]=C(C)C(C)=C1C.[Cl-].[Cl-].[Cl-].[Ti+4]. The Morgan fingerprint density at radius 3 is 1.71 bits per heavy atom. The van der Waals surface area contributed by atoms with Gasteiger partial charge in [-0.15, -0.1) is 6.92 Å². The smallest absolute Gasteiger partial charge is 1.00 e. The first-order valence-electron chi connectivity index (χ1n) is 7.78. The van der Waals surface area contributed by atoms with Crippen molar-refractivity contribution < 1.29 is 58.9 Å². The molecule has 0 bridgehead atoms. The van der Waals surface area contributed by atoms with Crippen LogP contribution in [0.15, 0.2) is 47.1 Å². The maximum absolute atomic E-state index is 3.88. The molecule has 0 radical (unpaired) electrons. The third-order valence-corrected chi connectivity index (χ3v) is 12.1. The van der Waals surface area contributed by atoms with Gasteiger partial charge in [0.2, 0.25) is 0 Å². The minimum Gasteiger partial charge on any atom is -1.00 e. The maximum Gasteiger partial charge on any atom is 4.00 e. The molecule has 0 N–H and O–H groups in total. The molecule has 5 heteroatoms. The fourth-order valence-electron chi connectivity index (χ4n) is 4.11. The van der Waals surface area contributed by atoms with Crippen molar-refractivity contribution in [1.82, 2.24) is 0 Å². The minimum atomic E-state index is -1.65. The van der Waals surface area contributed by atoms with E-state index < -0.39 is 8.07 Å². The number of benzene rings is 1. The zero-order valence-corrected chi connectivity index (χ0v) is 20.3. The first kappa shape index (κ1) is 29.3. The van der Waals surface area contributed by atoms with E-state index in [1.807, 2.05) is 0 Å². The Morgan fingerprint density at radius 2 is 1.38 bits per heavy atom. The predicted octanol–water partition coefficient (Wildman–Crippen LogP) is -3.75. The van der Waals surface area contributed by atoms with E-state index >= 15 is 0 Å². The van der Waals surface area contributed by atoms with Crippen molar-refractivity contribution in [3.8, 4) is 0 Å². The third-order valence-electron chi connectivity index (χ3n) is 5.80. The van der Waals surface area contributed by atoms with E-state index in [1.165, 1.54) is 23.2 Å². The molecule has 1 aliphatic rings. The molecule has 0 saturated heterocycles. The van der Waals surface area contributed by atoms with Crippen LogP contribution in [0.1, 0.15) is 41.5 Å². The summed E-state index contributed by atoms with van der Waals surface area (Å²) in [7, 11) is -1.65. The first-order chi connectivity index (χ1) is 9.43. The Balaban J connectivity index is -0.00000110. The summed E-state index contributed by atoms with van der Waals surface area (Å²) in [5, 5.41) is 1.73. The van der Waals surface area contributed by atoms with E-state index in [4.69, 9.17) is 0 Å². The molecule has 1 unspecified atom stereocenters. The summed E-state index contributed by atoms with van der Waals surface area (Å²) >= 11 is 0.